The van der Waals surface area contributed by atoms with E-state index in [1.54, 1.807) is 17.4 Å². The Kier molecular flexibility index (Phi) is 5.66. The normalized spacial score (nSPS) is 15.7. The first-order chi connectivity index (χ1) is 13.2. The average molecular weight is 442 g/mol. The molecule has 27 heavy (non-hydrogen) atoms. The summed E-state index contributed by atoms with van der Waals surface area (Å²) in [6.07, 6.45) is 3.55. The number of para-hydroxylation sites is 1. The number of aromatic nitrogens is 1. The fraction of sp³-hybridized carbons (Fsp3) is 0.238. The third kappa shape index (κ3) is 4.64. The number of carbonyl (C=O) groups is 1. The summed E-state index contributed by atoms with van der Waals surface area (Å²) in [5, 5.41) is 1.14. The second kappa shape index (κ2) is 8.33. The van der Waals surface area contributed by atoms with Gasteiger partial charge in [0.2, 0.25) is 5.91 Å². The van der Waals surface area contributed by atoms with Crippen LogP contribution in [-0.2, 0) is 11.3 Å². The van der Waals surface area contributed by atoms with Crippen LogP contribution in [0.5, 0.6) is 0 Å². The standard InChI is InChI=1S/C21H20BrN3OS/c22-17-5-3-4-16(14-17)8-9-21(26)25-12-10-24(11-13-25)15-20-23-18-6-1-2-7-19(18)27-20/h1-9,14H,10-13,15H2. The van der Waals surface area contributed by atoms with Crippen molar-refractivity contribution in [2.75, 3.05) is 26.2 Å². The number of nitrogens with zero attached hydrogens (tertiary/aromatic N) is 3. The van der Waals surface area contributed by atoms with Crippen molar-refractivity contribution in [3.8, 4) is 0 Å². The highest BCUT2D eigenvalue weighted by Gasteiger charge is 2.20. The number of hydrogen-bond acceptors (Lipinski definition) is 4. The highest BCUT2D eigenvalue weighted by Crippen LogP contribution is 2.23. The quantitative estimate of drug-likeness (QED) is 0.562. The molecule has 0 N–H and O–H groups in total. The molecule has 1 aliphatic rings. The molecule has 4 nitrogen and oxygen atoms in total. The van der Waals surface area contributed by atoms with Crippen LogP contribution in [0, 0.1) is 0 Å². The Bertz CT molecular complexity index is 943. The molecule has 6 heteroatoms. The molecular weight excluding hydrogens is 422 g/mol. The van der Waals surface area contributed by atoms with E-state index in [0.29, 0.717) is 0 Å². The van der Waals surface area contributed by atoms with Gasteiger partial charge >= 0.3 is 0 Å². The zero-order valence-corrected chi connectivity index (χ0v) is 17.2. The predicted octanol–water partition coefficient (Wildman–Crippen LogP) is 4.42. The third-order valence-electron chi connectivity index (χ3n) is 4.65. The summed E-state index contributed by atoms with van der Waals surface area (Å²) >= 11 is 5.21. The fourth-order valence-electron chi connectivity index (χ4n) is 3.19. The van der Waals surface area contributed by atoms with Gasteiger partial charge in [0.1, 0.15) is 5.01 Å². The number of amides is 1. The second-order valence-electron chi connectivity index (χ2n) is 6.57. The second-order valence-corrected chi connectivity index (χ2v) is 8.60. The van der Waals surface area contributed by atoms with Crippen LogP contribution in [0.25, 0.3) is 16.3 Å². The number of halogens is 1. The van der Waals surface area contributed by atoms with E-state index >= 15 is 0 Å². The van der Waals surface area contributed by atoms with Crippen molar-refractivity contribution in [1.82, 2.24) is 14.8 Å². The maximum Gasteiger partial charge on any atom is 0.246 e. The summed E-state index contributed by atoms with van der Waals surface area (Å²) in [6.45, 7) is 4.13. The lowest BCUT2D eigenvalue weighted by molar-refractivity contribution is -0.127. The number of rotatable bonds is 4. The fourth-order valence-corrected chi connectivity index (χ4v) is 4.62. The number of thiazole rings is 1. The van der Waals surface area contributed by atoms with E-state index in [1.165, 1.54) is 4.70 Å². The molecule has 0 bridgehead atoms. The minimum Gasteiger partial charge on any atom is -0.337 e. The zero-order valence-electron chi connectivity index (χ0n) is 14.8. The largest absolute Gasteiger partial charge is 0.337 e. The van der Waals surface area contributed by atoms with Crippen molar-refractivity contribution in [3.05, 3.63) is 69.7 Å². The van der Waals surface area contributed by atoms with Crippen LogP contribution in [0.2, 0.25) is 0 Å². The molecule has 0 aliphatic carbocycles. The van der Waals surface area contributed by atoms with E-state index in [4.69, 9.17) is 4.98 Å². The molecule has 2 heterocycles. The first-order valence-electron chi connectivity index (χ1n) is 8.97. The average Bonchev–Trinajstić information content (AvgIpc) is 3.09. The van der Waals surface area contributed by atoms with Gasteiger partial charge in [-0.15, -0.1) is 11.3 Å². The number of piperazine rings is 1. The summed E-state index contributed by atoms with van der Waals surface area (Å²) in [4.78, 5) is 21.4. The van der Waals surface area contributed by atoms with Crippen LogP contribution in [0.15, 0.2) is 59.1 Å². The van der Waals surface area contributed by atoms with Crippen LogP contribution >= 0.6 is 27.3 Å². The lowest BCUT2D eigenvalue weighted by Gasteiger charge is -2.33. The van der Waals surface area contributed by atoms with Crippen molar-refractivity contribution in [2.24, 2.45) is 0 Å². The predicted molar refractivity (Wildman–Crippen MR) is 115 cm³/mol. The Labute approximate surface area is 171 Å². The van der Waals surface area contributed by atoms with Crippen molar-refractivity contribution < 1.29 is 4.79 Å². The Morgan fingerprint density at radius 1 is 1.11 bits per heavy atom. The number of hydrogen-bond donors (Lipinski definition) is 0. The van der Waals surface area contributed by atoms with Gasteiger partial charge in [0.15, 0.2) is 0 Å². The Balaban J connectivity index is 1.31. The number of fused-ring (bicyclic) bond motifs is 1. The van der Waals surface area contributed by atoms with Crippen LogP contribution in [0.4, 0.5) is 0 Å². The third-order valence-corrected chi connectivity index (χ3v) is 6.16. The maximum atomic E-state index is 12.4. The summed E-state index contributed by atoms with van der Waals surface area (Å²) in [5.41, 5.74) is 2.09. The molecule has 0 atom stereocenters. The monoisotopic (exact) mass is 441 g/mol. The maximum absolute atomic E-state index is 12.4. The van der Waals surface area contributed by atoms with Crippen LogP contribution in [-0.4, -0.2) is 46.9 Å². The minimum absolute atomic E-state index is 0.0783. The van der Waals surface area contributed by atoms with E-state index in [2.05, 4.69) is 39.0 Å². The van der Waals surface area contributed by atoms with E-state index in [0.717, 1.165) is 53.3 Å². The lowest BCUT2D eigenvalue weighted by Crippen LogP contribution is -2.47. The van der Waals surface area contributed by atoms with Gasteiger partial charge in [-0.3, -0.25) is 9.69 Å². The van der Waals surface area contributed by atoms with Gasteiger partial charge in [0.05, 0.1) is 16.8 Å². The zero-order chi connectivity index (χ0) is 18.6. The molecule has 138 valence electrons. The van der Waals surface area contributed by atoms with Crippen molar-refractivity contribution in [1.29, 1.82) is 0 Å². The Morgan fingerprint density at radius 2 is 1.93 bits per heavy atom. The summed E-state index contributed by atoms with van der Waals surface area (Å²) in [5.74, 6) is 0.0783. The molecule has 0 saturated carbocycles. The van der Waals surface area contributed by atoms with Gasteiger partial charge in [0, 0.05) is 36.7 Å². The molecule has 0 spiro atoms. The van der Waals surface area contributed by atoms with Crippen LogP contribution in [0.3, 0.4) is 0 Å². The van der Waals surface area contributed by atoms with Crippen molar-refractivity contribution in [2.45, 2.75) is 6.54 Å². The highest BCUT2D eigenvalue weighted by atomic mass is 79.9. The molecule has 1 saturated heterocycles. The molecule has 3 aromatic rings. The lowest BCUT2D eigenvalue weighted by atomic mass is 10.2. The van der Waals surface area contributed by atoms with Crippen molar-refractivity contribution in [3.63, 3.8) is 0 Å². The molecule has 1 aromatic heterocycles. The molecule has 4 rings (SSSR count). The topological polar surface area (TPSA) is 36.4 Å². The molecular formula is C21H20BrN3OS. The Hall–Kier alpha value is -2.02. The summed E-state index contributed by atoms with van der Waals surface area (Å²) in [7, 11) is 0. The first-order valence-corrected chi connectivity index (χ1v) is 10.6. The molecule has 2 aromatic carbocycles. The smallest absolute Gasteiger partial charge is 0.246 e. The molecule has 0 radical (unpaired) electrons. The molecule has 1 fully saturated rings. The number of carbonyl (C=O) groups excluding carboxylic acids is 1. The Morgan fingerprint density at radius 3 is 2.70 bits per heavy atom. The number of benzene rings is 2. The van der Waals surface area contributed by atoms with Gasteiger partial charge in [-0.1, -0.05) is 40.2 Å². The van der Waals surface area contributed by atoms with E-state index < -0.39 is 0 Å². The van der Waals surface area contributed by atoms with E-state index in [-0.39, 0.29) is 5.91 Å². The summed E-state index contributed by atoms with van der Waals surface area (Å²) < 4.78 is 2.25. The van der Waals surface area contributed by atoms with Gasteiger partial charge < -0.3 is 4.90 Å². The first kappa shape index (κ1) is 18.3. The van der Waals surface area contributed by atoms with Gasteiger partial charge in [-0.25, -0.2) is 4.98 Å². The molecule has 0 unspecified atom stereocenters. The summed E-state index contributed by atoms with van der Waals surface area (Å²) in [6, 6.07) is 16.2. The molecule has 1 amide bonds. The van der Waals surface area contributed by atoms with Crippen LogP contribution in [0.1, 0.15) is 10.6 Å². The molecule has 1 aliphatic heterocycles. The van der Waals surface area contributed by atoms with Crippen molar-refractivity contribution >= 4 is 49.5 Å². The van der Waals surface area contributed by atoms with Gasteiger partial charge in [-0.05, 0) is 35.9 Å². The minimum atomic E-state index is 0.0783. The van der Waals surface area contributed by atoms with Crippen LogP contribution < -0.4 is 0 Å². The highest BCUT2D eigenvalue weighted by molar-refractivity contribution is 9.10. The van der Waals surface area contributed by atoms with E-state index in [1.807, 2.05) is 41.3 Å². The van der Waals surface area contributed by atoms with Gasteiger partial charge in [0.25, 0.3) is 0 Å². The van der Waals surface area contributed by atoms with E-state index in [9.17, 15) is 4.79 Å². The van der Waals surface area contributed by atoms with Gasteiger partial charge in [-0.2, -0.15) is 0 Å². The SMILES string of the molecule is O=C(C=Cc1cccc(Br)c1)N1CCN(Cc2nc3ccccc3s2)CC1.